The van der Waals surface area contributed by atoms with Crippen LogP contribution in [0.4, 0.5) is 0 Å². The molecule has 20 heavy (non-hydrogen) atoms. The van der Waals surface area contributed by atoms with Crippen LogP contribution >= 0.6 is 0 Å². The molecule has 1 radical (unpaired) electrons. The average Bonchev–Trinajstić information content (AvgIpc) is 2.99. The fraction of sp³-hybridized carbons (Fsp3) is 0.500. The van der Waals surface area contributed by atoms with Crippen molar-refractivity contribution < 1.29 is 4.79 Å². The molecule has 2 fully saturated rings. The predicted molar refractivity (Wildman–Crippen MR) is 78.9 cm³/mol. The highest BCUT2D eigenvalue weighted by Gasteiger charge is 2.46. The quantitative estimate of drug-likeness (QED) is 0.827. The molecular weight excluding hydrogens is 250 g/mol. The van der Waals surface area contributed by atoms with Gasteiger partial charge in [0.25, 0.3) is 0 Å². The second kappa shape index (κ2) is 5.94. The zero-order chi connectivity index (χ0) is 13.9. The van der Waals surface area contributed by atoms with Gasteiger partial charge in [-0.3, -0.25) is 9.69 Å². The molecule has 1 aromatic rings. The highest BCUT2D eigenvalue weighted by atomic mass is 16.1. The molecule has 0 spiro atoms. The topological polar surface area (TPSA) is 58.4 Å². The number of benzene rings is 1. The number of hydrogen-bond donors (Lipinski definition) is 2. The first-order valence-corrected chi connectivity index (χ1v) is 7.38. The molecule has 4 heteroatoms. The molecule has 2 saturated heterocycles. The number of carbonyl (C=O) groups excluding carboxylic acids is 1. The van der Waals surface area contributed by atoms with E-state index in [9.17, 15) is 4.79 Å². The molecule has 2 aliphatic heterocycles. The monoisotopic (exact) mass is 272 g/mol. The van der Waals surface area contributed by atoms with Gasteiger partial charge in [-0.25, -0.2) is 0 Å². The molecule has 3 rings (SSSR count). The average molecular weight is 272 g/mol. The number of nitrogens with zero attached hydrogens (tertiary/aromatic N) is 1. The summed E-state index contributed by atoms with van der Waals surface area (Å²) in [7, 11) is 0. The number of likely N-dealkylation sites (tertiary alicyclic amines) is 1. The summed E-state index contributed by atoms with van der Waals surface area (Å²) in [6.07, 6.45) is 3.19. The molecule has 1 amide bonds. The van der Waals surface area contributed by atoms with Crippen LogP contribution in [-0.4, -0.2) is 43.0 Å². The normalized spacial score (nSPS) is 29.5. The van der Waals surface area contributed by atoms with E-state index in [1.54, 1.807) is 0 Å². The standard InChI is InChI=1S/C16H22N3O/c17-16(20)15-14-10-18-9-13(14)11-19(15)8-4-7-12-5-2-1-3-6-12/h1-3,5-7,13-15,18H,4,8-11H2,(H2,17,20). The van der Waals surface area contributed by atoms with Crippen molar-refractivity contribution in [3.8, 4) is 0 Å². The maximum Gasteiger partial charge on any atom is 0.235 e. The summed E-state index contributed by atoms with van der Waals surface area (Å²) in [5.74, 6) is 0.828. The fourth-order valence-corrected chi connectivity index (χ4v) is 3.62. The highest BCUT2D eigenvalue weighted by molar-refractivity contribution is 5.80. The van der Waals surface area contributed by atoms with Crippen LogP contribution in [0.15, 0.2) is 30.3 Å². The van der Waals surface area contributed by atoms with Gasteiger partial charge in [-0.05, 0) is 37.4 Å². The third-order valence-corrected chi connectivity index (χ3v) is 4.55. The minimum absolute atomic E-state index is 0.0841. The number of amides is 1. The molecule has 0 aromatic heterocycles. The third-order valence-electron chi connectivity index (χ3n) is 4.55. The summed E-state index contributed by atoms with van der Waals surface area (Å²) in [5.41, 5.74) is 6.85. The van der Waals surface area contributed by atoms with Gasteiger partial charge < -0.3 is 11.1 Å². The van der Waals surface area contributed by atoms with Gasteiger partial charge in [0.2, 0.25) is 5.91 Å². The number of fused-ring (bicyclic) bond motifs is 1. The molecule has 2 heterocycles. The van der Waals surface area contributed by atoms with E-state index in [1.807, 2.05) is 18.2 Å². The van der Waals surface area contributed by atoms with Gasteiger partial charge in [0.05, 0.1) is 6.04 Å². The smallest absolute Gasteiger partial charge is 0.235 e. The van der Waals surface area contributed by atoms with Crippen LogP contribution in [0.1, 0.15) is 12.0 Å². The maximum absolute atomic E-state index is 11.7. The minimum atomic E-state index is -0.166. The van der Waals surface area contributed by atoms with Gasteiger partial charge in [0.1, 0.15) is 0 Å². The molecular formula is C16H22N3O. The molecule has 3 N–H and O–H groups in total. The molecule has 3 atom stereocenters. The van der Waals surface area contributed by atoms with Crippen molar-refractivity contribution in [2.24, 2.45) is 17.6 Å². The van der Waals surface area contributed by atoms with Gasteiger partial charge in [-0.2, -0.15) is 0 Å². The van der Waals surface area contributed by atoms with Gasteiger partial charge in [-0.15, -0.1) is 0 Å². The lowest BCUT2D eigenvalue weighted by molar-refractivity contribution is -0.123. The first kappa shape index (κ1) is 13.6. The fourth-order valence-electron chi connectivity index (χ4n) is 3.62. The molecule has 3 unspecified atom stereocenters. The summed E-state index contributed by atoms with van der Waals surface area (Å²) in [6.45, 7) is 3.86. The second-order valence-corrected chi connectivity index (χ2v) is 5.83. The predicted octanol–water partition coefficient (Wildman–Crippen LogP) is 0.634. The van der Waals surface area contributed by atoms with Crippen molar-refractivity contribution in [3.05, 3.63) is 42.3 Å². The Morgan fingerprint density at radius 1 is 1.35 bits per heavy atom. The van der Waals surface area contributed by atoms with Crippen LogP contribution in [0.2, 0.25) is 0 Å². The zero-order valence-corrected chi connectivity index (χ0v) is 11.7. The number of rotatable bonds is 5. The number of primary amides is 1. The van der Waals surface area contributed by atoms with Crippen LogP contribution < -0.4 is 11.1 Å². The number of hydrogen-bond acceptors (Lipinski definition) is 3. The number of nitrogens with two attached hydrogens (primary N) is 1. The molecule has 4 nitrogen and oxygen atoms in total. The number of nitrogens with one attached hydrogen (secondary N) is 1. The van der Waals surface area contributed by atoms with Crippen molar-refractivity contribution in [2.75, 3.05) is 26.2 Å². The summed E-state index contributed by atoms with van der Waals surface area (Å²) in [4.78, 5) is 14.0. The molecule has 0 aliphatic carbocycles. The van der Waals surface area contributed by atoms with E-state index in [1.165, 1.54) is 5.56 Å². The van der Waals surface area contributed by atoms with E-state index >= 15 is 0 Å². The van der Waals surface area contributed by atoms with Crippen molar-refractivity contribution >= 4 is 5.91 Å². The zero-order valence-electron chi connectivity index (χ0n) is 11.7. The van der Waals surface area contributed by atoms with Crippen molar-refractivity contribution in [1.82, 2.24) is 10.2 Å². The van der Waals surface area contributed by atoms with E-state index in [0.717, 1.165) is 32.6 Å². The summed E-state index contributed by atoms with van der Waals surface area (Å²) < 4.78 is 0. The van der Waals surface area contributed by atoms with Gasteiger partial charge in [0.15, 0.2) is 0 Å². The third kappa shape index (κ3) is 2.72. The summed E-state index contributed by atoms with van der Waals surface area (Å²) in [6, 6.07) is 10.2. The van der Waals surface area contributed by atoms with Gasteiger partial charge >= 0.3 is 0 Å². The summed E-state index contributed by atoms with van der Waals surface area (Å²) in [5, 5.41) is 3.37. The molecule has 1 aromatic carbocycles. The molecule has 107 valence electrons. The lowest BCUT2D eigenvalue weighted by Crippen LogP contribution is -2.45. The van der Waals surface area contributed by atoms with E-state index < -0.39 is 0 Å². The first-order chi connectivity index (χ1) is 9.75. The van der Waals surface area contributed by atoms with E-state index in [0.29, 0.717) is 11.8 Å². The SMILES string of the molecule is NC(=O)C1C2CNCC2CN1CC[CH]c1ccccc1. The van der Waals surface area contributed by atoms with Crippen molar-refractivity contribution in [1.29, 1.82) is 0 Å². The Labute approximate surface area is 120 Å². The maximum atomic E-state index is 11.7. The van der Waals surface area contributed by atoms with Gasteiger partial charge in [0, 0.05) is 19.0 Å². The number of carbonyl (C=O) groups is 1. The molecule has 2 aliphatic rings. The van der Waals surface area contributed by atoms with Crippen LogP contribution in [0.3, 0.4) is 0 Å². The highest BCUT2D eigenvalue weighted by Crippen LogP contribution is 2.32. The first-order valence-electron chi connectivity index (χ1n) is 7.38. The van der Waals surface area contributed by atoms with Crippen molar-refractivity contribution in [2.45, 2.75) is 12.5 Å². The Bertz CT molecular complexity index is 462. The second-order valence-electron chi connectivity index (χ2n) is 5.83. The van der Waals surface area contributed by atoms with E-state index in [4.69, 9.17) is 5.73 Å². The van der Waals surface area contributed by atoms with Crippen LogP contribution in [0, 0.1) is 18.3 Å². The molecule has 0 saturated carbocycles. The van der Waals surface area contributed by atoms with Crippen LogP contribution in [-0.2, 0) is 4.79 Å². The Morgan fingerprint density at radius 3 is 2.90 bits per heavy atom. The lowest BCUT2D eigenvalue weighted by Gasteiger charge is -2.24. The molecule has 0 bridgehead atoms. The Balaban J connectivity index is 1.55. The van der Waals surface area contributed by atoms with Crippen LogP contribution in [0.25, 0.3) is 0 Å². The largest absolute Gasteiger partial charge is 0.368 e. The Morgan fingerprint density at radius 2 is 2.15 bits per heavy atom. The minimum Gasteiger partial charge on any atom is -0.368 e. The lowest BCUT2D eigenvalue weighted by atomic mass is 9.94. The summed E-state index contributed by atoms with van der Waals surface area (Å²) >= 11 is 0. The Hall–Kier alpha value is -1.39. The van der Waals surface area contributed by atoms with Crippen LogP contribution in [0.5, 0.6) is 0 Å². The van der Waals surface area contributed by atoms with E-state index in [2.05, 4.69) is 28.8 Å². The van der Waals surface area contributed by atoms with E-state index in [-0.39, 0.29) is 11.9 Å². The Kier molecular flexibility index (Phi) is 4.03. The van der Waals surface area contributed by atoms with Crippen molar-refractivity contribution in [3.63, 3.8) is 0 Å². The van der Waals surface area contributed by atoms with Gasteiger partial charge in [-0.1, -0.05) is 30.3 Å².